The first-order valence-electron chi connectivity index (χ1n) is 4.52. The fourth-order valence-electron chi connectivity index (χ4n) is 1.19. The van der Waals surface area contributed by atoms with Gasteiger partial charge in [-0.05, 0) is 6.07 Å². The first kappa shape index (κ1) is 15.4. The van der Waals surface area contributed by atoms with Crippen molar-refractivity contribution in [1.29, 1.82) is 0 Å². The Morgan fingerprint density at radius 3 is 2.42 bits per heavy atom. The molecule has 19 heavy (non-hydrogen) atoms. The molecule has 1 aromatic heterocycles. The highest BCUT2D eigenvalue weighted by Crippen LogP contribution is 2.31. The predicted octanol–water partition coefficient (Wildman–Crippen LogP) is 3.35. The molecule has 0 saturated heterocycles. The minimum Gasteiger partial charge on any atom is -0.476 e. The Kier molecular flexibility index (Phi) is 4.51. The van der Waals surface area contributed by atoms with E-state index in [-0.39, 0.29) is 0 Å². The molecule has 0 aliphatic carbocycles. The quantitative estimate of drug-likeness (QED) is 0.684. The highest BCUT2D eigenvalue weighted by atomic mass is 35.5. The number of pyridine rings is 1. The fraction of sp³-hybridized carbons (Fsp3) is 0.333. The topological polar surface area (TPSA) is 59.4 Å². The number of rotatable bonds is 4. The molecule has 1 heterocycles. The molecule has 0 saturated carbocycles. The Hall–Kier alpha value is -1.64. The van der Waals surface area contributed by atoms with E-state index in [2.05, 4.69) is 9.72 Å². The molecule has 0 radical (unpaired) electrons. The third-order valence-corrected chi connectivity index (χ3v) is 2.17. The van der Waals surface area contributed by atoms with Gasteiger partial charge in [-0.3, -0.25) is 0 Å². The van der Waals surface area contributed by atoms with Crippen LogP contribution in [0.5, 0.6) is 5.88 Å². The Morgan fingerprint density at radius 2 is 2.05 bits per heavy atom. The molecule has 0 atom stereocenters. The molecule has 1 rings (SSSR count). The van der Waals surface area contributed by atoms with E-state index in [9.17, 15) is 26.7 Å². The van der Waals surface area contributed by atoms with Crippen LogP contribution in [0.3, 0.4) is 0 Å². The van der Waals surface area contributed by atoms with Crippen LogP contribution in [0, 0.1) is 0 Å². The summed E-state index contributed by atoms with van der Waals surface area (Å²) in [5, 5.41) is 8.64. The third-order valence-electron chi connectivity index (χ3n) is 1.89. The molecule has 0 aromatic carbocycles. The summed E-state index contributed by atoms with van der Waals surface area (Å²) in [5.41, 5.74) is -2.74. The second-order valence-corrected chi connectivity index (χ2v) is 3.45. The summed E-state index contributed by atoms with van der Waals surface area (Å²) in [7, 11) is 0. The van der Waals surface area contributed by atoms with Crippen LogP contribution in [-0.2, 0) is 5.88 Å². The standard InChI is InChI=1S/C9H5ClF5NO3/c10-2-3-1-4(6(11)12)5(8(17)18)16-7(3)19-9(13,14)15/h1,6H,2H2,(H,17,18). The zero-order valence-electron chi connectivity index (χ0n) is 8.84. The van der Waals surface area contributed by atoms with Crippen molar-refractivity contribution < 1.29 is 36.6 Å². The van der Waals surface area contributed by atoms with Crippen molar-refractivity contribution in [3.05, 3.63) is 22.9 Å². The van der Waals surface area contributed by atoms with Gasteiger partial charge in [-0.15, -0.1) is 24.8 Å². The van der Waals surface area contributed by atoms with Crippen molar-refractivity contribution in [3.63, 3.8) is 0 Å². The Balaban J connectivity index is 3.40. The van der Waals surface area contributed by atoms with Crippen LogP contribution in [-0.4, -0.2) is 22.4 Å². The summed E-state index contributed by atoms with van der Waals surface area (Å²) in [6.45, 7) is 0. The van der Waals surface area contributed by atoms with E-state index < -0.39 is 47.3 Å². The maximum absolute atomic E-state index is 12.6. The van der Waals surface area contributed by atoms with Gasteiger partial charge in [-0.2, -0.15) is 0 Å². The van der Waals surface area contributed by atoms with E-state index in [1.807, 2.05) is 0 Å². The predicted molar refractivity (Wildman–Crippen MR) is 52.4 cm³/mol. The smallest absolute Gasteiger partial charge is 0.476 e. The first-order valence-corrected chi connectivity index (χ1v) is 5.06. The number of hydrogen-bond acceptors (Lipinski definition) is 3. The molecule has 0 amide bonds. The van der Waals surface area contributed by atoms with Gasteiger partial charge in [0.2, 0.25) is 5.88 Å². The van der Waals surface area contributed by atoms with Gasteiger partial charge in [0.1, 0.15) is 0 Å². The first-order chi connectivity index (χ1) is 8.65. The van der Waals surface area contributed by atoms with Crippen molar-refractivity contribution in [1.82, 2.24) is 4.98 Å². The van der Waals surface area contributed by atoms with Crippen molar-refractivity contribution >= 4 is 17.6 Å². The fourth-order valence-corrected chi connectivity index (χ4v) is 1.38. The van der Waals surface area contributed by atoms with E-state index in [0.29, 0.717) is 6.07 Å². The van der Waals surface area contributed by atoms with Gasteiger partial charge < -0.3 is 9.84 Å². The molecule has 0 fully saturated rings. The molecule has 0 spiro atoms. The average molecular weight is 306 g/mol. The second-order valence-electron chi connectivity index (χ2n) is 3.18. The molecule has 1 aromatic rings. The monoisotopic (exact) mass is 305 g/mol. The highest BCUT2D eigenvalue weighted by Gasteiger charge is 2.34. The lowest BCUT2D eigenvalue weighted by Gasteiger charge is -2.13. The maximum atomic E-state index is 12.6. The van der Waals surface area contributed by atoms with E-state index in [1.165, 1.54) is 0 Å². The van der Waals surface area contributed by atoms with Gasteiger partial charge >= 0.3 is 12.3 Å². The summed E-state index contributed by atoms with van der Waals surface area (Å²) >= 11 is 5.29. The molecule has 4 nitrogen and oxygen atoms in total. The van der Waals surface area contributed by atoms with Crippen LogP contribution < -0.4 is 4.74 Å². The average Bonchev–Trinajstić information content (AvgIpc) is 2.25. The normalized spacial score (nSPS) is 11.7. The molecule has 1 N–H and O–H groups in total. The number of carboxylic acid groups (broad SMARTS) is 1. The lowest BCUT2D eigenvalue weighted by Crippen LogP contribution is -2.20. The largest absolute Gasteiger partial charge is 0.574 e. The molecule has 10 heteroatoms. The molecule has 106 valence electrons. The lowest BCUT2D eigenvalue weighted by molar-refractivity contribution is -0.276. The molecule has 0 aliphatic heterocycles. The molecular formula is C9H5ClF5NO3. The zero-order valence-corrected chi connectivity index (χ0v) is 9.60. The molecule has 0 bridgehead atoms. The summed E-state index contributed by atoms with van der Waals surface area (Å²) in [4.78, 5) is 13.6. The van der Waals surface area contributed by atoms with Crippen molar-refractivity contribution in [2.45, 2.75) is 18.7 Å². The minimum absolute atomic E-state index is 0.487. The molecule has 0 unspecified atom stereocenters. The number of hydrogen-bond donors (Lipinski definition) is 1. The van der Waals surface area contributed by atoms with E-state index in [4.69, 9.17) is 16.7 Å². The zero-order chi connectivity index (χ0) is 14.8. The Morgan fingerprint density at radius 1 is 1.47 bits per heavy atom. The SMILES string of the molecule is O=C(O)c1nc(OC(F)(F)F)c(CCl)cc1C(F)F. The van der Waals surface area contributed by atoms with Crippen molar-refractivity contribution in [3.8, 4) is 5.88 Å². The number of aromatic nitrogens is 1. The second kappa shape index (κ2) is 5.55. The van der Waals surface area contributed by atoms with Crippen molar-refractivity contribution in [2.24, 2.45) is 0 Å². The number of aromatic carboxylic acids is 1. The number of carboxylic acids is 1. The van der Waals surface area contributed by atoms with E-state index in [0.717, 1.165) is 0 Å². The number of nitrogens with zero attached hydrogens (tertiary/aromatic N) is 1. The van der Waals surface area contributed by atoms with Crippen LogP contribution in [0.4, 0.5) is 22.0 Å². The van der Waals surface area contributed by atoms with Gasteiger partial charge in [-0.1, -0.05) is 0 Å². The Bertz CT molecular complexity index is 491. The van der Waals surface area contributed by atoms with E-state index >= 15 is 0 Å². The maximum Gasteiger partial charge on any atom is 0.574 e. The molecule has 0 aliphatic rings. The van der Waals surface area contributed by atoms with Crippen LogP contribution in [0.2, 0.25) is 0 Å². The van der Waals surface area contributed by atoms with Gasteiger partial charge in [-0.25, -0.2) is 18.6 Å². The number of carbonyl (C=O) groups is 1. The van der Waals surface area contributed by atoms with Gasteiger partial charge in [0, 0.05) is 5.56 Å². The number of alkyl halides is 6. The van der Waals surface area contributed by atoms with Gasteiger partial charge in [0.25, 0.3) is 6.43 Å². The minimum atomic E-state index is -5.14. The lowest BCUT2D eigenvalue weighted by atomic mass is 10.1. The summed E-state index contributed by atoms with van der Waals surface area (Å²) in [6, 6.07) is 0.523. The van der Waals surface area contributed by atoms with Crippen molar-refractivity contribution in [2.75, 3.05) is 0 Å². The van der Waals surface area contributed by atoms with Crippen LogP contribution in [0.15, 0.2) is 6.07 Å². The van der Waals surface area contributed by atoms with Gasteiger partial charge in [0.05, 0.1) is 11.4 Å². The Labute approximate surface area is 107 Å². The highest BCUT2D eigenvalue weighted by molar-refractivity contribution is 6.17. The van der Waals surface area contributed by atoms with E-state index in [1.54, 1.807) is 0 Å². The van der Waals surface area contributed by atoms with Crippen LogP contribution >= 0.6 is 11.6 Å². The third kappa shape index (κ3) is 3.91. The number of halogens is 6. The van der Waals surface area contributed by atoms with Gasteiger partial charge in [0.15, 0.2) is 5.69 Å². The summed E-state index contributed by atoms with van der Waals surface area (Å²) in [5.74, 6) is -3.66. The van der Waals surface area contributed by atoms with Crippen LogP contribution in [0.1, 0.15) is 28.0 Å². The molecular weight excluding hydrogens is 301 g/mol. The van der Waals surface area contributed by atoms with Crippen LogP contribution in [0.25, 0.3) is 0 Å². The summed E-state index contributed by atoms with van der Waals surface area (Å²) in [6.07, 6.45) is -8.36. The summed E-state index contributed by atoms with van der Waals surface area (Å²) < 4.78 is 64.7. The number of ether oxygens (including phenoxy) is 1.